The Morgan fingerprint density at radius 3 is 2.25 bits per heavy atom. The number of carbonyl (C=O) groups is 1. The molecule has 0 atom stereocenters. The van der Waals surface area contributed by atoms with Gasteiger partial charge in [0.15, 0.2) is 0 Å². The summed E-state index contributed by atoms with van der Waals surface area (Å²) in [6.07, 6.45) is 0. The van der Waals surface area contributed by atoms with Gasteiger partial charge in [0.1, 0.15) is 6.61 Å². The van der Waals surface area contributed by atoms with Crippen LogP contribution in [0.25, 0.3) is 0 Å². The Bertz CT molecular complexity index is 905. The van der Waals surface area contributed by atoms with Crippen LogP contribution in [0.1, 0.15) is 35.3 Å². The number of nitrogens with one attached hydrogen (secondary N) is 1. The number of ether oxygens (including phenoxy) is 1. The summed E-state index contributed by atoms with van der Waals surface area (Å²) < 4.78 is 33.0. The van der Waals surface area contributed by atoms with Crippen molar-refractivity contribution in [3.05, 3.63) is 59.2 Å². The number of aryl methyl sites for hydroxylation is 2. The van der Waals surface area contributed by atoms with Crippen LogP contribution in [0.4, 0.5) is 5.69 Å². The van der Waals surface area contributed by atoms with Crippen molar-refractivity contribution in [3.63, 3.8) is 0 Å². The smallest absolute Gasteiger partial charge is 0.338 e. The standard InChI is InChI=1S/C21H28N2O4S/c1-5-23(6-2)13-14-27-21(24)18-8-10-19(11-9-18)22-28(25,26)20-12-7-16(3)15-17(20)4/h7-12,15,22H,5-6,13-14H2,1-4H3. The average Bonchev–Trinajstić information content (AvgIpc) is 2.65. The number of esters is 1. The first-order valence-electron chi connectivity index (χ1n) is 9.36. The maximum Gasteiger partial charge on any atom is 0.338 e. The maximum atomic E-state index is 12.6. The van der Waals surface area contributed by atoms with Crippen molar-refractivity contribution >= 4 is 21.7 Å². The monoisotopic (exact) mass is 404 g/mol. The number of nitrogens with zero attached hydrogens (tertiary/aromatic N) is 1. The molecule has 0 spiro atoms. The Morgan fingerprint density at radius 2 is 1.68 bits per heavy atom. The molecule has 0 aliphatic heterocycles. The lowest BCUT2D eigenvalue weighted by atomic mass is 10.2. The van der Waals surface area contributed by atoms with Gasteiger partial charge in [-0.3, -0.25) is 4.72 Å². The first kappa shape index (κ1) is 21.9. The summed E-state index contributed by atoms with van der Waals surface area (Å²) in [6.45, 7) is 10.6. The van der Waals surface area contributed by atoms with Gasteiger partial charge in [0.25, 0.3) is 10.0 Å². The minimum absolute atomic E-state index is 0.234. The number of benzene rings is 2. The molecular weight excluding hydrogens is 376 g/mol. The Morgan fingerprint density at radius 1 is 1.04 bits per heavy atom. The molecule has 0 amide bonds. The summed E-state index contributed by atoms with van der Waals surface area (Å²) in [5.41, 5.74) is 2.45. The van der Waals surface area contributed by atoms with Gasteiger partial charge in [-0.1, -0.05) is 31.5 Å². The van der Waals surface area contributed by atoms with Gasteiger partial charge in [0.2, 0.25) is 0 Å². The van der Waals surface area contributed by atoms with Gasteiger partial charge in [0.05, 0.1) is 10.5 Å². The van der Waals surface area contributed by atoms with Gasteiger partial charge in [-0.15, -0.1) is 0 Å². The van der Waals surface area contributed by atoms with Gasteiger partial charge in [-0.25, -0.2) is 13.2 Å². The molecule has 0 radical (unpaired) electrons. The van der Waals surface area contributed by atoms with E-state index in [0.29, 0.717) is 30.0 Å². The average molecular weight is 405 g/mol. The molecule has 0 fully saturated rings. The largest absolute Gasteiger partial charge is 0.461 e. The van der Waals surface area contributed by atoms with Crippen LogP contribution < -0.4 is 4.72 Å². The fourth-order valence-electron chi connectivity index (χ4n) is 2.88. The first-order chi connectivity index (χ1) is 13.3. The number of likely N-dealkylation sites (N-methyl/N-ethyl adjacent to an activating group) is 1. The Kier molecular flexibility index (Phi) is 7.60. The predicted molar refractivity (Wildman–Crippen MR) is 111 cm³/mol. The van der Waals surface area contributed by atoms with Crippen molar-refractivity contribution in [3.8, 4) is 0 Å². The van der Waals surface area contributed by atoms with E-state index in [1.54, 1.807) is 43.3 Å². The van der Waals surface area contributed by atoms with Crippen LogP contribution >= 0.6 is 0 Å². The van der Waals surface area contributed by atoms with Crippen LogP contribution in [0, 0.1) is 13.8 Å². The second kappa shape index (κ2) is 9.71. The van der Waals surface area contributed by atoms with E-state index < -0.39 is 16.0 Å². The number of anilines is 1. The fraction of sp³-hybridized carbons (Fsp3) is 0.381. The summed E-state index contributed by atoms with van der Waals surface area (Å²) in [7, 11) is -3.70. The second-order valence-electron chi connectivity index (χ2n) is 6.61. The number of carbonyl (C=O) groups excluding carboxylic acids is 1. The quantitative estimate of drug-likeness (QED) is 0.646. The summed E-state index contributed by atoms with van der Waals surface area (Å²) in [5, 5.41) is 0. The third kappa shape index (κ3) is 5.81. The lowest BCUT2D eigenvalue weighted by molar-refractivity contribution is 0.0466. The van der Waals surface area contributed by atoms with Gasteiger partial charge in [-0.2, -0.15) is 0 Å². The van der Waals surface area contributed by atoms with E-state index in [-0.39, 0.29) is 4.90 Å². The molecule has 6 nitrogen and oxygen atoms in total. The van der Waals surface area contributed by atoms with E-state index in [2.05, 4.69) is 23.5 Å². The molecule has 0 unspecified atom stereocenters. The highest BCUT2D eigenvalue weighted by atomic mass is 32.2. The second-order valence-corrected chi connectivity index (χ2v) is 8.27. The minimum atomic E-state index is -3.70. The Hall–Kier alpha value is -2.38. The van der Waals surface area contributed by atoms with E-state index in [1.165, 1.54) is 0 Å². The van der Waals surface area contributed by atoms with Crippen LogP contribution in [0.15, 0.2) is 47.4 Å². The van der Waals surface area contributed by atoms with Crippen LogP contribution in [0.5, 0.6) is 0 Å². The molecular formula is C21H28N2O4S. The highest BCUT2D eigenvalue weighted by molar-refractivity contribution is 7.92. The van der Waals surface area contributed by atoms with Crippen LogP contribution in [-0.2, 0) is 14.8 Å². The fourth-order valence-corrected chi connectivity index (χ4v) is 4.16. The number of hydrogen-bond donors (Lipinski definition) is 1. The lowest BCUT2D eigenvalue weighted by Crippen LogP contribution is -2.27. The molecule has 1 N–H and O–H groups in total. The van der Waals surface area contributed by atoms with Crippen molar-refractivity contribution < 1.29 is 17.9 Å². The molecule has 0 aliphatic rings. The van der Waals surface area contributed by atoms with E-state index in [9.17, 15) is 13.2 Å². The molecule has 28 heavy (non-hydrogen) atoms. The van der Waals surface area contributed by atoms with E-state index in [1.807, 2.05) is 13.0 Å². The summed E-state index contributed by atoms with van der Waals surface area (Å²) in [5.74, 6) is -0.420. The molecule has 0 heterocycles. The number of sulfonamides is 1. The third-order valence-electron chi connectivity index (χ3n) is 4.53. The van der Waals surface area contributed by atoms with Crippen LogP contribution in [0.3, 0.4) is 0 Å². The number of rotatable bonds is 9. The zero-order chi connectivity index (χ0) is 20.7. The normalized spacial score (nSPS) is 11.5. The summed E-state index contributed by atoms with van der Waals surface area (Å²) in [6, 6.07) is 11.4. The van der Waals surface area contributed by atoms with Crippen molar-refractivity contribution in [2.24, 2.45) is 0 Å². The van der Waals surface area contributed by atoms with Gasteiger partial charge >= 0.3 is 5.97 Å². The summed E-state index contributed by atoms with van der Waals surface area (Å²) >= 11 is 0. The Labute approximate surface area is 167 Å². The molecule has 2 aromatic rings. The Balaban J connectivity index is 2.01. The molecule has 0 saturated carbocycles. The third-order valence-corrected chi connectivity index (χ3v) is 6.07. The van der Waals surface area contributed by atoms with E-state index in [0.717, 1.165) is 18.7 Å². The maximum absolute atomic E-state index is 12.6. The van der Waals surface area contributed by atoms with Crippen LogP contribution in [-0.4, -0.2) is 45.5 Å². The van der Waals surface area contributed by atoms with Crippen molar-refractivity contribution in [1.29, 1.82) is 0 Å². The van der Waals surface area contributed by atoms with Gasteiger partial charge in [0, 0.05) is 12.2 Å². The zero-order valence-corrected chi connectivity index (χ0v) is 17.7. The summed E-state index contributed by atoms with van der Waals surface area (Å²) in [4.78, 5) is 14.5. The van der Waals surface area contributed by atoms with Crippen molar-refractivity contribution in [2.45, 2.75) is 32.6 Å². The molecule has 2 aromatic carbocycles. The molecule has 0 saturated heterocycles. The topological polar surface area (TPSA) is 75.7 Å². The molecule has 0 bridgehead atoms. The molecule has 152 valence electrons. The highest BCUT2D eigenvalue weighted by Crippen LogP contribution is 2.20. The van der Waals surface area contributed by atoms with Gasteiger partial charge in [-0.05, 0) is 62.8 Å². The first-order valence-corrected chi connectivity index (χ1v) is 10.8. The molecule has 7 heteroatoms. The van der Waals surface area contributed by atoms with Crippen LogP contribution in [0.2, 0.25) is 0 Å². The number of hydrogen-bond acceptors (Lipinski definition) is 5. The van der Waals surface area contributed by atoms with Crippen molar-refractivity contribution in [2.75, 3.05) is 31.0 Å². The van der Waals surface area contributed by atoms with E-state index >= 15 is 0 Å². The zero-order valence-electron chi connectivity index (χ0n) is 16.9. The van der Waals surface area contributed by atoms with Crippen molar-refractivity contribution in [1.82, 2.24) is 4.90 Å². The molecule has 0 aromatic heterocycles. The predicted octanol–water partition coefficient (Wildman–Crippen LogP) is 3.60. The van der Waals surface area contributed by atoms with Gasteiger partial charge < -0.3 is 9.64 Å². The lowest BCUT2D eigenvalue weighted by Gasteiger charge is -2.17. The molecule has 2 rings (SSSR count). The minimum Gasteiger partial charge on any atom is -0.461 e. The highest BCUT2D eigenvalue weighted by Gasteiger charge is 2.17. The molecule has 0 aliphatic carbocycles. The van der Waals surface area contributed by atoms with E-state index in [4.69, 9.17) is 4.74 Å². The SMILES string of the molecule is CCN(CC)CCOC(=O)c1ccc(NS(=O)(=O)c2ccc(C)cc2C)cc1.